The number of hydrogen-bond donors (Lipinski definition) is 2. The van der Waals surface area contributed by atoms with E-state index in [1.807, 2.05) is 4.90 Å². The zero-order valence-electron chi connectivity index (χ0n) is 23.6. The van der Waals surface area contributed by atoms with Crippen LogP contribution in [0.4, 0.5) is 19.0 Å². The number of hydrogen-bond acceptors (Lipinski definition) is 7. The first kappa shape index (κ1) is 32.0. The number of aliphatic hydroxyl groups excluding tert-OH is 1. The monoisotopic (exact) mass is 614 g/mol. The highest BCUT2D eigenvalue weighted by Crippen LogP contribution is 2.36. The smallest absolute Gasteiger partial charge is 0.394 e. The summed E-state index contributed by atoms with van der Waals surface area (Å²) in [6.45, 7) is 1.64. The number of sulfone groups is 1. The van der Waals surface area contributed by atoms with Gasteiger partial charge in [-0.1, -0.05) is 31.2 Å². The predicted molar refractivity (Wildman–Crippen MR) is 155 cm³/mol. The fourth-order valence-corrected chi connectivity index (χ4v) is 6.18. The van der Waals surface area contributed by atoms with Gasteiger partial charge in [-0.05, 0) is 66.8 Å². The Morgan fingerprint density at radius 3 is 2.37 bits per heavy atom. The Bertz CT molecular complexity index is 1540. The third-order valence-electron chi connectivity index (χ3n) is 7.82. The van der Waals surface area contributed by atoms with Gasteiger partial charge in [0.25, 0.3) is 5.91 Å². The molecule has 1 aromatic heterocycles. The number of alkyl halides is 3. The van der Waals surface area contributed by atoms with Crippen molar-refractivity contribution in [2.75, 3.05) is 23.8 Å². The first-order valence-electron chi connectivity index (χ1n) is 14.0. The lowest BCUT2D eigenvalue weighted by Gasteiger charge is -2.40. The molecule has 8 nitrogen and oxygen atoms in total. The normalized spacial score (nSPS) is 18.1. The Kier molecular flexibility index (Phi) is 10.1. The topological polar surface area (TPSA) is 123 Å². The number of pyridine rings is 1. The average Bonchev–Trinajstić information content (AvgIpc) is 3.02. The van der Waals surface area contributed by atoms with Crippen LogP contribution in [-0.4, -0.2) is 49.4 Å². The number of anilines is 1. The van der Waals surface area contributed by atoms with Crippen LogP contribution >= 0.6 is 0 Å². The van der Waals surface area contributed by atoms with Gasteiger partial charge in [0.2, 0.25) is 0 Å². The largest absolute Gasteiger partial charge is 0.416 e. The summed E-state index contributed by atoms with van der Waals surface area (Å²) in [6, 6.07) is 15.9. The van der Waals surface area contributed by atoms with E-state index in [0.717, 1.165) is 30.5 Å². The van der Waals surface area contributed by atoms with E-state index in [4.69, 9.17) is 5.26 Å². The summed E-state index contributed by atoms with van der Waals surface area (Å²) in [5.74, 6) is 0.0319. The standard InChI is InChI=1S/C31H33F3N4O4S/c1-2-43(41,42)27-14-8-22(9-15-27)28(20-39)37-30(40)23-10-16-29(36-18-23)38-19-24(7-13-26(38)4-3-17-35)21-5-11-25(12-6-21)31(32,33)34/h5-6,8-12,14-16,18,24,26,28,39H,2-4,7,13,19-20H2,1H3,(H,37,40)/t24?,26-,28+/m1/s1. The van der Waals surface area contributed by atoms with Crippen LogP contribution < -0.4 is 10.2 Å². The highest BCUT2D eigenvalue weighted by atomic mass is 32.2. The number of piperidine rings is 1. The van der Waals surface area contributed by atoms with Crippen LogP contribution in [0.25, 0.3) is 0 Å². The van der Waals surface area contributed by atoms with Gasteiger partial charge in [-0.25, -0.2) is 13.4 Å². The number of amides is 1. The molecule has 1 aliphatic heterocycles. The van der Waals surface area contributed by atoms with Gasteiger partial charge >= 0.3 is 6.18 Å². The van der Waals surface area contributed by atoms with Crippen LogP contribution in [-0.2, 0) is 16.0 Å². The second-order valence-corrected chi connectivity index (χ2v) is 12.8. The van der Waals surface area contributed by atoms with Crippen molar-refractivity contribution in [3.63, 3.8) is 0 Å². The summed E-state index contributed by atoms with van der Waals surface area (Å²) in [5, 5.41) is 21.8. The molecule has 0 radical (unpaired) electrons. The first-order chi connectivity index (χ1) is 20.5. The van der Waals surface area contributed by atoms with Gasteiger partial charge < -0.3 is 15.3 Å². The molecule has 0 spiro atoms. The fourth-order valence-electron chi connectivity index (χ4n) is 5.30. The number of nitrogens with one attached hydrogen (secondary N) is 1. The van der Waals surface area contributed by atoms with E-state index in [1.165, 1.54) is 30.5 Å². The maximum Gasteiger partial charge on any atom is 0.416 e. The predicted octanol–water partition coefficient (Wildman–Crippen LogP) is 5.41. The fraction of sp³-hybridized carbons (Fsp3) is 0.387. The highest BCUT2D eigenvalue weighted by molar-refractivity contribution is 7.91. The molecule has 2 N–H and O–H groups in total. The lowest BCUT2D eigenvalue weighted by atomic mass is 9.85. The molecule has 1 fully saturated rings. The van der Waals surface area contributed by atoms with Gasteiger partial charge in [0, 0.05) is 31.1 Å². The van der Waals surface area contributed by atoms with Crippen LogP contribution in [0.1, 0.15) is 71.6 Å². The molecule has 3 atom stereocenters. The van der Waals surface area contributed by atoms with E-state index in [-0.39, 0.29) is 28.2 Å². The molecule has 2 aromatic carbocycles. The zero-order valence-corrected chi connectivity index (χ0v) is 24.4. The second kappa shape index (κ2) is 13.6. The quantitative estimate of drug-likeness (QED) is 0.313. The molecular weight excluding hydrogens is 581 g/mol. The lowest BCUT2D eigenvalue weighted by molar-refractivity contribution is -0.137. The lowest BCUT2D eigenvalue weighted by Crippen LogP contribution is -2.43. The summed E-state index contributed by atoms with van der Waals surface area (Å²) >= 11 is 0. The van der Waals surface area contributed by atoms with Gasteiger partial charge in [0.05, 0.1) is 40.5 Å². The summed E-state index contributed by atoms with van der Waals surface area (Å²) in [6.07, 6.45) is -0.548. The maximum absolute atomic E-state index is 13.0. The molecule has 43 heavy (non-hydrogen) atoms. The number of halogens is 3. The number of rotatable bonds is 10. The van der Waals surface area contributed by atoms with E-state index < -0.39 is 40.1 Å². The molecule has 4 rings (SSSR count). The number of carbonyl (C=O) groups excluding carboxylic acids is 1. The third-order valence-corrected chi connectivity index (χ3v) is 9.57. The Hall–Kier alpha value is -3.95. The summed E-state index contributed by atoms with van der Waals surface area (Å²) < 4.78 is 63.3. The number of nitriles is 1. The number of aliphatic hydroxyl groups is 1. The minimum atomic E-state index is -4.41. The number of nitrogens with zero attached hydrogens (tertiary/aromatic N) is 3. The summed E-state index contributed by atoms with van der Waals surface area (Å²) in [7, 11) is -3.38. The second-order valence-electron chi connectivity index (χ2n) is 10.5. The van der Waals surface area contributed by atoms with Crippen LogP contribution in [0.5, 0.6) is 0 Å². The summed E-state index contributed by atoms with van der Waals surface area (Å²) in [4.78, 5) is 19.7. The Morgan fingerprint density at radius 1 is 1.12 bits per heavy atom. The van der Waals surface area contributed by atoms with E-state index in [9.17, 15) is 31.5 Å². The van der Waals surface area contributed by atoms with E-state index >= 15 is 0 Å². The highest BCUT2D eigenvalue weighted by Gasteiger charge is 2.32. The van der Waals surface area contributed by atoms with Crippen LogP contribution in [0, 0.1) is 11.3 Å². The molecule has 228 valence electrons. The molecule has 1 saturated heterocycles. The number of benzene rings is 2. The first-order valence-corrected chi connectivity index (χ1v) is 15.6. The molecular formula is C31H33F3N4O4S. The van der Waals surface area contributed by atoms with Crippen molar-refractivity contribution in [3.05, 3.63) is 89.1 Å². The average molecular weight is 615 g/mol. The summed E-state index contributed by atoms with van der Waals surface area (Å²) in [5.41, 5.74) is 0.884. The van der Waals surface area contributed by atoms with Crippen LogP contribution in [0.15, 0.2) is 71.8 Å². The van der Waals surface area contributed by atoms with Crippen molar-refractivity contribution in [1.82, 2.24) is 10.3 Å². The SMILES string of the molecule is CCS(=O)(=O)c1ccc([C@H](CO)NC(=O)c2ccc(N3CC(c4ccc(C(F)(F)F)cc4)CC[C@H]3CCC#N)nc2)cc1. The van der Waals surface area contributed by atoms with E-state index in [2.05, 4.69) is 16.4 Å². The Labute approximate surface area is 249 Å². The van der Waals surface area contributed by atoms with E-state index in [1.54, 1.807) is 31.2 Å². The Morgan fingerprint density at radius 2 is 1.81 bits per heavy atom. The van der Waals surface area contributed by atoms with Crippen molar-refractivity contribution >= 4 is 21.6 Å². The molecule has 0 bridgehead atoms. The molecule has 3 aromatic rings. The molecule has 2 heterocycles. The molecule has 0 saturated carbocycles. The van der Waals surface area contributed by atoms with Gasteiger partial charge in [0.15, 0.2) is 9.84 Å². The number of carbonyl (C=O) groups is 1. The minimum absolute atomic E-state index is 0.00999. The van der Waals surface area contributed by atoms with Crippen LogP contribution in [0.3, 0.4) is 0 Å². The van der Waals surface area contributed by atoms with Crippen LogP contribution in [0.2, 0.25) is 0 Å². The minimum Gasteiger partial charge on any atom is -0.394 e. The molecule has 1 aliphatic rings. The van der Waals surface area contributed by atoms with Gasteiger partial charge in [-0.3, -0.25) is 4.79 Å². The molecule has 1 amide bonds. The number of aromatic nitrogens is 1. The van der Waals surface area contributed by atoms with Gasteiger partial charge in [0.1, 0.15) is 5.82 Å². The zero-order chi connectivity index (χ0) is 31.2. The van der Waals surface area contributed by atoms with Gasteiger partial charge in [-0.15, -0.1) is 0 Å². The van der Waals surface area contributed by atoms with Crippen molar-refractivity contribution < 1.29 is 31.5 Å². The van der Waals surface area contributed by atoms with Crippen molar-refractivity contribution in [2.24, 2.45) is 0 Å². The van der Waals surface area contributed by atoms with Crippen molar-refractivity contribution in [3.8, 4) is 6.07 Å². The Balaban J connectivity index is 1.48. The molecule has 0 aliphatic carbocycles. The molecule has 1 unspecified atom stereocenters. The van der Waals surface area contributed by atoms with Crippen molar-refractivity contribution in [2.45, 2.75) is 61.7 Å². The third kappa shape index (κ3) is 7.72. The molecule has 12 heteroatoms. The van der Waals surface area contributed by atoms with Crippen molar-refractivity contribution in [1.29, 1.82) is 5.26 Å². The van der Waals surface area contributed by atoms with Gasteiger partial charge in [-0.2, -0.15) is 18.4 Å². The maximum atomic E-state index is 13.0. The van der Waals surface area contributed by atoms with E-state index in [0.29, 0.717) is 30.8 Å².